The first-order valence-corrected chi connectivity index (χ1v) is 10.9. The summed E-state index contributed by atoms with van der Waals surface area (Å²) in [6.07, 6.45) is 0. The number of tetrazole rings is 1. The fourth-order valence-corrected chi connectivity index (χ4v) is 3.73. The molecule has 4 rings (SSSR count). The molecular formula is C23H22FN5OS. The quantitative estimate of drug-likeness (QED) is 0.297. The molecule has 1 aromatic heterocycles. The van der Waals surface area contributed by atoms with Crippen LogP contribution < -0.4 is 10.1 Å². The van der Waals surface area contributed by atoms with Gasteiger partial charge in [-0.05, 0) is 58.0 Å². The molecule has 6 nitrogen and oxygen atoms in total. The van der Waals surface area contributed by atoms with Crippen molar-refractivity contribution in [3.63, 3.8) is 0 Å². The highest BCUT2D eigenvalue weighted by atomic mass is 32.2. The molecule has 3 aromatic carbocycles. The highest BCUT2D eigenvalue weighted by Gasteiger charge is 2.08. The van der Waals surface area contributed by atoms with Crippen LogP contribution in [0.3, 0.4) is 0 Å². The van der Waals surface area contributed by atoms with E-state index in [2.05, 4.69) is 26.9 Å². The van der Waals surface area contributed by atoms with Gasteiger partial charge in [0.05, 0.1) is 5.69 Å². The second kappa shape index (κ2) is 10.7. The van der Waals surface area contributed by atoms with Gasteiger partial charge >= 0.3 is 0 Å². The lowest BCUT2D eigenvalue weighted by atomic mass is 10.2. The molecule has 1 heterocycles. The number of rotatable bonds is 10. The number of thioether (sulfide) groups is 1. The standard InChI is InChI=1S/C23H22FN5OS/c24-20-11-9-18(10-12-20)17-30-22-8-4-5-19(15-22)16-25-13-14-31-23-26-27-28-29(23)21-6-2-1-3-7-21/h1-12,15,25H,13-14,16-17H2. The van der Waals surface area contributed by atoms with Crippen LogP contribution in [0.2, 0.25) is 0 Å². The van der Waals surface area contributed by atoms with Gasteiger partial charge in [0, 0.05) is 18.8 Å². The summed E-state index contributed by atoms with van der Waals surface area (Å²) in [7, 11) is 0. The van der Waals surface area contributed by atoms with Crippen LogP contribution in [0, 0.1) is 5.82 Å². The third-order valence-electron chi connectivity index (χ3n) is 4.50. The van der Waals surface area contributed by atoms with Crippen LogP contribution in [0.4, 0.5) is 4.39 Å². The monoisotopic (exact) mass is 435 g/mol. The van der Waals surface area contributed by atoms with Crippen molar-refractivity contribution < 1.29 is 9.13 Å². The molecule has 0 spiro atoms. The number of aromatic nitrogens is 4. The first kappa shape index (κ1) is 21.0. The van der Waals surface area contributed by atoms with Gasteiger partial charge in [0.1, 0.15) is 18.2 Å². The Kier molecular flexibility index (Phi) is 7.25. The number of benzene rings is 3. The molecule has 0 saturated carbocycles. The summed E-state index contributed by atoms with van der Waals surface area (Å²) >= 11 is 1.61. The van der Waals surface area contributed by atoms with Crippen molar-refractivity contribution in [1.29, 1.82) is 0 Å². The van der Waals surface area contributed by atoms with Crippen LogP contribution in [-0.2, 0) is 13.2 Å². The van der Waals surface area contributed by atoms with Gasteiger partial charge in [-0.2, -0.15) is 4.68 Å². The van der Waals surface area contributed by atoms with Gasteiger partial charge in [-0.15, -0.1) is 5.10 Å². The van der Waals surface area contributed by atoms with Crippen molar-refractivity contribution in [3.05, 3.63) is 95.8 Å². The molecule has 0 saturated heterocycles. The number of nitrogens with one attached hydrogen (secondary N) is 1. The van der Waals surface area contributed by atoms with Crippen LogP contribution >= 0.6 is 11.8 Å². The lowest BCUT2D eigenvalue weighted by Crippen LogP contribution is -2.16. The predicted molar refractivity (Wildman–Crippen MR) is 119 cm³/mol. The SMILES string of the molecule is Fc1ccc(COc2cccc(CNCCSc3nnnn3-c3ccccc3)c2)cc1. The Morgan fingerprint density at radius 2 is 1.77 bits per heavy atom. The first-order valence-electron chi connectivity index (χ1n) is 9.91. The number of para-hydroxylation sites is 1. The average molecular weight is 436 g/mol. The van der Waals surface area contributed by atoms with Crippen molar-refractivity contribution >= 4 is 11.8 Å². The number of nitrogens with zero attached hydrogens (tertiary/aromatic N) is 4. The third-order valence-corrected chi connectivity index (χ3v) is 5.42. The minimum Gasteiger partial charge on any atom is -0.489 e. The zero-order valence-electron chi connectivity index (χ0n) is 16.8. The number of hydrogen-bond acceptors (Lipinski definition) is 6. The van der Waals surface area contributed by atoms with E-state index >= 15 is 0 Å². The van der Waals surface area contributed by atoms with E-state index in [4.69, 9.17) is 4.74 Å². The van der Waals surface area contributed by atoms with Crippen molar-refractivity contribution in [2.75, 3.05) is 12.3 Å². The molecule has 0 aliphatic rings. The van der Waals surface area contributed by atoms with Crippen molar-refractivity contribution in [2.24, 2.45) is 0 Å². The Bertz CT molecular complexity index is 1090. The summed E-state index contributed by atoms with van der Waals surface area (Å²) in [6, 6.07) is 24.1. The zero-order chi connectivity index (χ0) is 21.3. The molecule has 0 aliphatic carbocycles. The lowest BCUT2D eigenvalue weighted by molar-refractivity contribution is 0.305. The van der Waals surface area contributed by atoms with Crippen LogP contribution in [0.5, 0.6) is 5.75 Å². The number of hydrogen-bond donors (Lipinski definition) is 1. The molecule has 0 unspecified atom stereocenters. The summed E-state index contributed by atoms with van der Waals surface area (Å²) in [5.41, 5.74) is 3.01. The minimum absolute atomic E-state index is 0.244. The van der Waals surface area contributed by atoms with E-state index < -0.39 is 0 Å². The topological polar surface area (TPSA) is 64.9 Å². The van der Waals surface area contributed by atoms with Gasteiger partial charge in [0.15, 0.2) is 0 Å². The van der Waals surface area contributed by atoms with Gasteiger partial charge in [-0.1, -0.05) is 54.2 Å². The molecular weight excluding hydrogens is 413 g/mol. The van der Waals surface area contributed by atoms with Crippen LogP contribution in [0.25, 0.3) is 5.69 Å². The smallest absolute Gasteiger partial charge is 0.214 e. The molecule has 0 bridgehead atoms. The highest BCUT2D eigenvalue weighted by molar-refractivity contribution is 7.99. The largest absolute Gasteiger partial charge is 0.489 e. The summed E-state index contributed by atoms with van der Waals surface area (Å²) in [4.78, 5) is 0. The van der Waals surface area contributed by atoms with E-state index in [0.717, 1.165) is 46.6 Å². The summed E-state index contributed by atoms with van der Waals surface area (Å²) in [5.74, 6) is 1.39. The maximum atomic E-state index is 13.0. The zero-order valence-corrected chi connectivity index (χ0v) is 17.6. The van der Waals surface area contributed by atoms with E-state index in [1.165, 1.54) is 12.1 Å². The Morgan fingerprint density at radius 1 is 0.935 bits per heavy atom. The van der Waals surface area contributed by atoms with Gasteiger partial charge < -0.3 is 10.1 Å². The van der Waals surface area contributed by atoms with Crippen molar-refractivity contribution in [3.8, 4) is 11.4 Å². The fraction of sp³-hybridized carbons (Fsp3) is 0.174. The maximum absolute atomic E-state index is 13.0. The van der Waals surface area contributed by atoms with Crippen molar-refractivity contribution in [1.82, 2.24) is 25.5 Å². The van der Waals surface area contributed by atoms with Gasteiger partial charge in [0.2, 0.25) is 5.16 Å². The fourth-order valence-electron chi connectivity index (χ4n) is 2.94. The molecule has 0 fully saturated rings. The van der Waals surface area contributed by atoms with Crippen LogP contribution in [0.15, 0.2) is 84.0 Å². The second-order valence-electron chi connectivity index (χ2n) is 6.80. The Hall–Kier alpha value is -3.23. The molecule has 0 amide bonds. The molecule has 0 radical (unpaired) electrons. The summed E-state index contributed by atoms with van der Waals surface area (Å²) in [5, 5.41) is 16.2. The van der Waals surface area contributed by atoms with Gasteiger partial charge in [-0.3, -0.25) is 0 Å². The Morgan fingerprint density at radius 3 is 2.61 bits per heavy atom. The molecule has 0 atom stereocenters. The van der Waals surface area contributed by atoms with Gasteiger partial charge in [0.25, 0.3) is 0 Å². The summed E-state index contributed by atoms with van der Waals surface area (Å²) in [6.45, 7) is 1.95. The Labute approximate surface area is 184 Å². The predicted octanol–water partition coefficient (Wildman–Crippen LogP) is 4.26. The van der Waals surface area contributed by atoms with E-state index in [0.29, 0.717) is 6.61 Å². The lowest BCUT2D eigenvalue weighted by Gasteiger charge is -2.09. The number of halogens is 1. The summed E-state index contributed by atoms with van der Waals surface area (Å²) < 4.78 is 20.6. The molecule has 8 heteroatoms. The van der Waals surface area contributed by atoms with Crippen molar-refractivity contribution in [2.45, 2.75) is 18.3 Å². The average Bonchev–Trinajstić information content (AvgIpc) is 3.28. The first-order chi connectivity index (χ1) is 15.3. The second-order valence-corrected chi connectivity index (χ2v) is 7.86. The molecule has 158 valence electrons. The minimum atomic E-state index is -0.244. The van der Waals surface area contributed by atoms with Crippen LogP contribution in [0.1, 0.15) is 11.1 Å². The molecule has 1 N–H and O–H groups in total. The Balaban J connectivity index is 1.21. The van der Waals surface area contributed by atoms with E-state index in [1.807, 2.05) is 48.5 Å². The van der Waals surface area contributed by atoms with E-state index in [-0.39, 0.29) is 5.82 Å². The van der Waals surface area contributed by atoms with E-state index in [9.17, 15) is 4.39 Å². The van der Waals surface area contributed by atoms with Gasteiger partial charge in [-0.25, -0.2) is 4.39 Å². The molecule has 31 heavy (non-hydrogen) atoms. The van der Waals surface area contributed by atoms with Crippen LogP contribution in [-0.4, -0.2) is 32.5 Å². The highest BCUT2D eigenvalue weighted by Crippen LogP contribution is 2.18. The number of ether oxygens (including phenoxy) is 1. The van der Waals surface area contributed by atoms with E-state index in [1.54, 1.807) is 28.6 Å². The maximum Gasteiger partial charge on any atom is 0.214 e. The molecule has 4 aromatic rings. The third kappa shape index (κ3) is 6.13. The normalized spacial score (nSPS) is 10.9. The molecule has 0 aliphatic heterocycles.